The van der Waals surface area contributed by atoms with E-state index in [1.807, 2.05) is 84.9 Å². The fourth-order valence-electron chi connectivity index (χ4n) is 3.40. The molecule has 0 aliphatic heterocycles. The maximum atomic E-state index is 12.6. The summed E-state index contributed by atoms with van der Waals surface area (Å²) in [6.07, 6.45) is -2.14. The van der Waals surface area contributed by atoms with Crippen LogP contribution in [0, 0.1) is 0 Å². The summed E-state index contributed by atoms with van der Waals surface area (Å²) >= 11 is 0. The molecule has 7 nitrogen and oxygen atoms in total. The number of carbonyl (C=O) groups is 2. The molecule has 0 radical (unpaired) electrons. The van der Waals surface area contributed by atoms with Gasteiger partial charge in [-0.05, 0) is 56.0 Å². The second-order valence-corrected chi connectivity index (χ2v) is 9.41. The molecule has 0 aromatic heterocycles. The van der Waals surface area contributed by atoms with Gasteiger partial charge in [0.05, 0.1) is 6.04 Å². The fourth-order valence-corrected chi connectivity index (χ4v) is 3.40. The van der Waals surface area contributed by atoms with Gasteiger partial charge in [-0.15, -0.1) is 0 Å². The number of amides is 1. The van der Waals surface area contributed by atoms with E-state index in [2.05, 4.69) is 5.32 Å². The van der Waals surface area contributed by atoms with Gasteiger partial charge in [0.2, 0.25) is 0 Å². The lowest BCUT2D eigenvalue weighted by Crippen LogP contribution is -2.50. The Balaban J connectivity index is 1.64. The lowest BCUT2D eigenvalue weighted by atomic mass is 10.0. The molecule has 36 heavy (non-hydrogen) atoms. The standard InChI is InChI=1S/C29H33NO6/c1-29(2,3)36-28(33)30-25(26(31)27(32)35-20-23-12-8-5-9-13-23)18-21-14-16-24(17-15-21)34-19-22-10-6-4-7-11-22/h4-17,25-26,31H,18-20H2,1-3H3,(H,30,33)/t25-,26-/m0/s1. The summed E-state index contributed by atoms with van der Waals surface area (Å²) in [4.78, 5) is 25.0. The Morgan fingerprint density at radius 1 is 0.806 bits per heavy atom. The van der Waals surface area contributed by atoms with E-state index in [4.69, 9.17) is 14.2 Å². The molecule has 1 amide bonds. The van der Waals surface area contributed by atoms with Crippen LogP contribution in [0.3, 0.4) is 0 Å². The van der Waals surface area contributed by atoms with Crippen molar-refractivity contribution in [2.45, 2.75) is 58.2 Å². The van der Waals surface area contributed by atoms with Crippen LogP contribution in [0.15, 0.2) is 84.9 Å². The number of hydrogen-bond donors (Lipinski definition) is 2. The molecule has 0 heterocycles. The van der Waals surface area contributed by atoms with Crippen LogP contribution in [0.2, 0.25) is 0 Å². The lowest BCUT2D eigenvalue weighted by Gasteiger charge is -2.26. The summed E-state index contributed by atoms with van der Waals surface area (Å²) in [7, 11) is 0. The highest BCUT2D eigenvalue weighted by Crippen LogP contribution is 2.17. The van der Waals surface area contributed by atoms with Crippen molar-refractivity contribution in [3.63, 3.8) is 0 Å². The van der Waals surface area contributed by atoms with Gasteiger partial charge in [-0.25, -0.2) is 9.59 Å². The number of ether oxygens (including phenoxy) is 3. The fraction of sp³-hybridized carbons (Fsp3) is 0.310. The molecule has 3 aromatic rings. The van der Waals surface area contributed by atoms with Crippen molar-refractivity contribution in [1.82, 2.24) is 5.32 Å². The van der Waals surface area contributed by atoms with E-state index in [0.29, 0.717) is 12.4 Å². The third-order valence-corrected chi connectivity index (χ3v) is 5.18. The average molecular weight is 492 g/mol. The summed E-state index contributed by atoms with van der Waals surface area (Å²) in [5, 5.41) is 13.4. The third-order valence-electron chi connectivity index (χ3n) is 5.18. The van der Waals surface area contributed by atoms with Crippen molar-refractivity contribution in [3.8, 4) is 5.75 Å². The van der Waals surface area contributed by atoms with Crippen molar-refractivity contribution in [2.24, 2.45) is 0 Å². The molecule has 0 saturated heterocycles. The Bertz CT molecular complexity index is 1090. The zero-order valence-electron chi connectivity index (χ0n) is 20.8. The average Bonchev–Trinajstić information content (AvgIpc) is 2.86. The highest BCUT2D eigenvalue weighted by molar-refractivity contribution is 5.77. The molecule has 0 saturated carbocycles. The molecule has 3 aromatic carbocycles. The summed E-state index contributed by atoms with van der Waals surface area (Å²) in [6.45, 7) is 5.67. The van der Waals surface area contributed by atoms with Crippen LogP contribution in [0.25, 0.3) is 0 Å². The molecule has 2 atom stereocenters. The predicted octanol–water partition coefficient (Wildman–Crippen LogP) is 4.81. The molecule has 0 aliphatic carbocycles. The van der Waals surface area contributed by atoms with Gasteiger partial charge in [-0.1, -0.05) is 72.8 Å². The van der Waals surface area contributed by atoms with Crippen LogP contribution in [0.1, 0.15) is 37.5 Å². The van der Waals surface area contributed by atoms with E-state index < -0.39 is 29.8 Å². The summed E-state index contributed by atoms with van der Waals surface area (Å²) < 4.78 is 16.4. The number of benzene rings is 3. The van der Waals surface area contributed by atoms with Gasteiger partial charge in [0, 0.05) is 0 Å². The van der Waals surface area contributed by atoms with Crippen molar-refractivity contribution >= 4 is 12.1 Å². The van der Waals surface area contributed by atoms with Gasteiger partial charge in [0.25, 0.3) is 0 Å². The third kappa shape index (κ3) is 9.07. The second-order valence-electron chi connectivity index (χ2n) is 9.41. The number of aliphatic hydroxyl groups excluding tert-OH is 1. The van der Waals surface area contributed by atoms with E-state index in [1.54, 1.807) is 20.8 Å². The Morgan fingerprint density at radius 3 is 1.92 bits per heavy atom. The minimum absolute atomic E-state index is 0.0172. The largest absolute Gasteiger partial charge is 0.489 e. The number of nitrogens with one attached hydrogen (secondary N) is 1. The highest BCUT2D eigenvalue weighted by atomic mass is 16.6. The number of hydrogen-bond acceptors (Lipinski definition) is 6. The Hall–Kier alpha value is -3.84. The van der Waals surface area contributed by atoms with Crippen LogP contribution >= 0.6 is 0 Å². The normalized spacial score (nSPS) is 12.8. The minimum Gasteiger partial charge on any atom is -0.489 e. The zero-order chi connectivity index (χ0) is 26.0. The monoisotopic (exact) mass is 491 g/mol. The quantitative estimate of drug-likeness (QED) is 0.396. The molecule has 2 N–H and O–H groups in total. The topological polar surface area (TPSA) is 94.1 Å². The first-order valence-corrected chi connectivity index (χ1v) is 11.8. The molecule has 0 spiro atoms. The van der Waals surface area contributed by atoms with Crippen molar-refractivity contribution in [2.75, 3.05) is 0 Å². The van der Waals surface area contributed by atoms with Crippen molar-refractivity contribution in [1.29, 1.82) is 0 Å². The number of esters is 1. The molecule has 7 heteroatoms. The van der Waals surface area contributed by atoms with Crippen LogP contribution in [0.4, 0.5) is 4.79 Å². The molecule has 0 bridgehead atoms. The van der Waals surface area contributed by atoms with E-state index in [0.717, 1.165) is 16.7 Å². The lowest BCUT2D eigenvalue weighted by molar-refractivity contribution is -0.156. The van der Waals surface area contributed by atoms with E-state index in [-0.39, 0.29) is 13.0 Å². The van der Waals surface area contributed by atoms with Crippen LogP contribution in [0.5, 0.6) is 5.75 Å². The molecule has 3 rings (SSSR count). The first-order chi connectivity index (χ1) is 17.2. The van der Waals surface area contributed by atoms with E-state index in [1.165, 1.54) is 0 Å². The summed E-state index contributed by atoms with van der Waals surface area (Å²) in [5.41, 5.74) is 1.91. The molecular formula is C29H33NO6. The van der Waals surface area contributed by atoms with Gasteiger partial charge in [-0.3, -0.25) is 0 Å². The van der Waals surface area contributed by atoms with Gasteiger partial charge in [-0.2, -0.15) is 0 Å². The second kappa shape index (κ2) is 12.7. The van der Waals surface area contributed by atoms with Crippen LogP contribution in [-0.2, 0) is 33.9 Å². The number of rotatable bonds is 10. The molecule has 0 aliphatic rings. The molecule has 0 unspecified atom stereocenters. The zero-order valence-corrected chi connectivity index (χ0v) is 20.8. The smallest absolute Gasteiger partial charge is 0.407 e. The maximum absolute atomic E-state index is 12.6. The van der Waals surface area contributed by atoms with E-state index >= 15 is 0 Å². The van der Waals surface area contributed by atoms with Gasteiger partial charge in [0.15, 0.2) is 6.10 Å². The molecule has 0 fully saturated rings. The summed E-state index contributed by atoms with van der Waals surface area (Å²) in [6, 6.07) is 25.3. The van der Waals surface area contributed by atoms with Crippen molar-refractivity contribution < 1.29 is 28.9 Å². The summed E-state index contributed by atoms with van der Waals surface area (Å²) in [5.74, 6) is -0.148. The van der Waals surface area contributed by atoms with Crippen molar-refractivity contribution in [3.05, 3.63) is 102 Å². The molecule has 190 valence electrons. The SMILES string of the molecule is CC(C)(C)OC(=O)N[C@@H](Cc1ccc(OCc2ccccc2)cc1)[C@H](O)C(=O)OCc1ccccc1. The Kier molecular flexibility index (Phi) is 9.47. The number of aliphatic hydroxyl groups is 1. The predicted molar refractivity (Wildman–Crippen MR) is 136 cm³/mol. The first-order valence-electron chi connectivity index (χ1n) is 11.8. The van der Waals surface area contributed by atoms with E-state index in [9.17, 15) is 14.7 Å². The first kappa shape index (κ1) is 26.8. The van der Waals surface area contributed by atoms with Crippen LogP contribution < -0.4 is 10.1 Å². The highest BCUT2D eigenvalue weighted by Gasteiger charge is 2.31. The Morgan fingerprint density at radius 2 is 1.36 bits per heavy atom. The number of alkyl carbamates (subject to hydrolysis) is 1. The van der Waals surface area contributed by atoms with Gasteiger partial charge >= 0.3 is 12.1 Å². The Labute approximate surface area is 212 Å². The number of carbonyl (C=O) groups excluding carboxylic acids is 2. The maximum Gasteiger partial charge on any atom is 0.407 e. The van der Waals surface area contributed by atoms with Crippen LogP contribution in [-0.4, -0.2) is 34.9 Å². The van der Waals surface area contributed by atoms with Gasteiger partial charge < -0.3 is 24.6 Å². The molecular weight excluding hydrogens is 458 g/mol. The minimum atomic E-state index is -1.59. The van der Waals surface area contributed by atoms with Gasteiger partial charge in [0.1, 0.15) is 24.6 Å².